The lowest BCUT2D eigenvalue weighted by molar-refractivity contribution is 0.0867. The topological polar surface area (TPSA) is 29.3 Å². The third-order valence-corrected chi connectivity index (χ3v) is 5.84. The highest BCUT2D eigenvalue weighted by atomic mass is 79.9. The number of nitrogens with zero attached hydrogens (tertiary/aromatic N) is 1. The first-order valence-corrected chi connectivity index (χ1v) is 8.35. The molecule has 1 saturated heterocycles. The largest absolute Gasteiger partial charge is 0.326 e. The Hall–Kier alpha value is 0.1000. The van der Waals surface area contributed by atoms with Gasteiger partial charge < -0.3 is 5.73 Å². The highest BCUT2D eigenvalue weighted by molar-refractivity contribution is 9.11. The van der Waals surface area contributed by atoms with Gasteiger partial charge in [-0.15, -0.1) is 11.3 Å². The first kappa shape index (κ1) is 14.5. The Kier molecular flexibility index (Phi) is 4.86. The molecule has 2 rings (SSSR count). The summed E-state index contributed by atoms with van der Waals surface area (Å²) in [6.07, 6.45) is 1.29. The van der Waals surface area contributed by atoms with E-state index in [0.29, 0.717) is 6.04 Å². The van der Waals surface area contributed by atoms with Crippen LogP contribution in [0.4, 0.5) is 0 Å². The predicted molar refractivity (Wildman–Crippen MR) is 82.9 cm³/mol. The molecule has 0 aromatic carbocycles. The van der Waals surface area contributed by atoms with Crippen LogP contribution in [0.1, 0.15) is 38.1 Å². The Morgan fingerprint density at radius 1 is 1.39 bits per heavy atom. The van der Waals surface area contributed by atoms with E-state index in [2.05, 4.69) is 53.7 Å². The van der Waals surface area contributed by atoms with Crippen LogP contribution in [0.2, 0.25) is 0 Å². The fourth-order valence-electron chi connectivity index (χ4n) is 2.81. The van der Waals surface area contributed by atoms with Crippen LogP contribution < -0.4 is 5.73 Å². The van der Waals surface area contributed by atoms with Crippen LogP contribution in [0.15, 0.2) is 15.9 Å². The molecule has 1 fully saturated rings. The van der Waals surface area contributed by atoms with Gasteiger partial charge in [0.05, 0.1) is 9.83 Å². The van der Waals surface area contributed by atoms with E-state index in [-0.39, 0.29) is 6.04 Å². The van der Waals surface area contributed by atoms with Crippen molar-refractivity contribution in [1.82, 2.24) is 4.90 Å². The van der Waals surface area contributed by atoms with Crippen molar-refractivity contribution in [3.63, 3.8) is 0 Å². The zero-order valence-corrected chi connectivity index (χ0v) is 13.8. The van der Waals surface area contributed by atoms with E-state index in [1.165, 1.54) is 28.2 Å². The lowest BCUT2D eigenvalue weighted by Gasteiger charge is -2.41. The second-order valence-electron chi connectivity index (χ2n) is 5.68. The minimum absolute atomic E-state index is 0.177. The molecular weight excluding hydrogens is 308 g/mol. The fraction of sp³-hybridized carbons (Fsp3) is 0.714. The maximum Gasteiger partial charge on any atom is 0.0702 e. The molecule has 2 nitrogen and oxygen atoms in total. The van der Waals surface area contributed by atoms with Crippen LogP contribution in [0, 0.1) is 11.8 Å². The number of likely N-dealkylation sites (tertiary alicyclic amines) is 1. The van der Waals surface area contributed by atoms with Crippen molar-refractivity contribution in [2.24, 2.45) is 17.6 Å². The summed E-state index contributed by atoms with van der Waals surface area (Å²) in [6, 6.07) is 4.89. The van der Waals surface area contributed by atoms with Crippen LogP contribution in [-0.2, 0) is 0 Å². The van der Waals surface area contributed by atoms with Gasteiger partial charge in [0.15, 0.2) is 0 Å². The van der Waals surface area contributed by atoms with Crippen molar-refractivity contribution in [2.45, 2.75) is 39.3 Å². The molecule has 1 aromatic rings. The lowest BCUT2D eigenvalue weighted by Crippen LogP contribution is -2.45. The SMILES string of the molecule is CC(N)C(c1ccc(Br)s1)N1CCC(C)C(C)C1. The number of piperidine rings is 1. The molecule has 0 bridgehead atoms. The second-order valence-corrected chi connectivity index (χ2v) is 8.18. The van der Waals surface area contributed by atoms with E-state index in [1.54, 1.807) is 0 Å². The van der Waals surface area contributed by atoms with Crippen LogP contribution in [-0.4, -0.2) is 24.0 Å². The average molecular weight is 331 g/mol. The maximum absolute atomic E-state index is 6.24. The van der Waals surface area contributed by atoms with Crippen molar-refractivity contribution >= 4 is 27.3 Å². The molecule has 1 aliphatic heterocycles. The van der Waals surface area contributed by atoms with Gasteiger partial charge in [-0.3, -0.25) is 4.90 Å². The third-order valence-electron chi connectivity index (χ3n) is 4.14. The number of halogens is 1. The third kappa shape index (κ3) is 3.16. The van der Waals surface area contributed by atoms with Crippen molar-refractivity contribution in [3.8, 4) is 0 Å². The predicted octanol–water partition coefficient (Wildman–Crippen LogP) is 3.88. The van der Waals surface area contributed by atoms with Crippen molar-refractivity contribution in [3.05, 3.63) is 20.8 Å². The monoisotopic (exact) mass is 330 g/mol. The summed E-state index contributed by atoms with van der Waals surface area (Å²) in [5, 5.41) is 0. The van der Waals surface area contributed by atoms with E-state index < -0.39 is 0 Å². The quantitative estimate of drug-likeness (QED) is 0.911. The zero-order valence-electron chi connectivity index (χ0n) is 11.4. The maximum atomic E-state index is 6.24. The minimum atomic E-state index is 0.177. The normalized spacial score (nSPS) is 29.2. The smallest absolute Gasteiger partial charge is 0.0702 e. The molecule has 4 heteroatoms. The molecule has 0 saturated carbocycles. The van der Waals surface area contributed by atoms with Crippen LogP contribution in [0.3, 0.4) is 0 Å². The van der Waals surface area contributed by atoms with Gasteiger partial charge in [0.2, 0.25) is 0 Å². The fourth-order valence-corrected chi connectivity index (χ4v) is 4.48. The molecule has 4 unspecified atom stereocenters. The van der Waals surface area contributed by atoms with Crippen LogP contribution >= 0.6 is 27.3 Å². The first-order valence-electron chi connectivity index (χ1n) is 6.74. The highest BCUT2D eigenvalue weighted by Crippen LogP contribution is 2.35. The Morgan fingerprint density at radius 2 is 2.11 bits per heavy atom. The number of rotatable bonds is 3. The molecule has 1 aliphatic rings. The molecule has 1 aromatic heterocycles. The Labute approximate surface area is 123 Å². The molecule has 0 amide bonds. The van der Waals surface area contributed by atoms with E-state index >= 15 is 0 Å². The molecular formula is C14H23BrN2S. The lowest BCUT2D eigenvalue weighted by atomic mass is 9.87. The summed E-state index contributed by atoms with van der Waals surface area (Å²) in [5.41, 5.74) is 6.24. The summed E-state index contributed by atoms with van der Waals surface area (Å²) in [4.78, 5) is 3.96. The Bertz CT molecular complexity index is 391. The van der Waals surface area contributed by atoms with E-state index in [9.17, 15) is 0 Å². The molecule has 102 valence electrons. The molecule has 2 heterocycles. The molecule has 0 spiro atoms. The van der Waals surface area contributed by atoms with Crippen LogP contribution in [0.5, 0.6) is 0 Å². The van der Waals surface area contributed by atoms with Gasteiger partial charge in [-0.2, -0.15) is 0 Å². The summed E-state index contributed by atoms with van der Waals surface area (Å²) >= 11 is 5.37. The Morgan fingerprint density at radius 3 is 2.61 bits per heavy atom. The van der Waals surface area contributed by atoms with Gasteiger partial charge >= 0.3 is 0 Å². The minimum Gasteiger partial charge on any atom is -0.326 e. The molecule has 0 radical (unpaired) electrons. The highest BCUT2D eigenvalue weighted by Gasteiger charge is 2.31. The van der Waals surface area contributed by atoms with Gasteiger partial charge in [-0.25, -0.2) is 0 Å². The van der Waals surface area contributed by atoms with E-state index in [4.69, 9.17) is 5.73 Å². The molecule has 4 atom stereocenters. The number of hydrogen-bond donors (Lipinski definition) is 1. The van der Waals surface area contributed by atoms with Gasteiger partial charge in [0.1, 0.15) is 0 Å². The second kappa shape index (κ2) is 6.04. The van der Waals surface area contributed by atoms with Crippen molar-refractivity contribution in [1.29, 1.82) is 0 Å². The summed E-state index contributed by atoms with van der Waals surface area (Å²) in [6.45, 7) is 9.20. The average Bonchev–Trinajstić information content (AvgIpc) is 2.70. The number of nitrogens with two attached hydrogens (primary N) is 1. The van der Waals surface area contributed by atoms with Gasteiger partial charge in [0, 0.05) is 17.5 Å². The molecule has 0 aliphatic carbocycles. The summed E-state index contributed by atoms with van der Waals surface area (Å²) in [5.74, 6) is 1.61. The number of thiophene rings is 1. The molecule has 18 heavy (non-hydrogen) atoms. The Balaban J connectivity index is 2.16. The van der Waals surface area contributed by atoms with Crippen molar-refractivity contribution in [2.75, 3.05) is 13.1 Å². The first-order chi connectivity index (χ1) is 8.49. The zero-order chi connectivity index (χ0) is 13.3. The van der Waals surface area contributed by atoms with E-state index in [0.717, 1.165) is 11.8 Å². The van der Waals surface area contributed by atoms with Crippen LogP contribution in [0.25, 0.3) is 0 Å². The standard InChI is InChI=1S/C14H23BrN2S/c1-9-6-7-17(8-10(9)2)14(11(3)16)12-4-5-13(15)18-12/h4-5,9-11,14H,6-8,16H2,1-3H3. The number of hydrogen-bond acceptors (Lipinski definition) is 3. The molecule has 2 N–H and O–H groups in total. The summed E-state index contributed by atoms with van der Waals surface area (Å²) in [7, 11) is 0. The van der Waals surface area contributed by atoms with Crippen molar-refractivity contribution < 1.29 is 0 Å². The van der Waals surface area contributed by atoms with Gasteiger partial charge in [0.25, 0.3) is 0 Å². The van der Waals surface area contributed by atoms with Gasteiger partial charge in [-0.05, 0) is 59.8 Å². The summed E-state index contributed by atoms with van der Waals surface area (Å²) < 4.78 is 1.20. The van der Waals surface area contributed by atoms with Gasteiger partial charge in [-0.1, -0.05) is 13.8 Å². The van der Waals surface area contributed by atoms with E-state index in [1.807, 2.05) is 11.3 Å².